The average Bonchev–Trinajstić information content (AvgIpc) is 2.87. The number of methoxy groups -OCH3 is 1. The number of hydrogen-bond acceptors (Lipinski definition) is 8. The number of nitrogens with zero attached hydrogens (tertiary/aromatic N) is 3. The van der Waals surface area contributed by atoms with Gasteiger partial charge in [-0.3, -0.25) is 10.1 Å². The molecule has 11 nitrogen and oxygen atoms in total. The van der Waals surface area contributed by atoms with Crippen molar-refractivity contribution in [3.05, 3.63) is 69.8 Å². The summed E-state index contributed by atoms with van der Waals surface area (Å²) in [5.74, 6) is -3.28. The van der Waals surface area contributed by atoms with Crippen LogP contribution in [0.2, 0.25) is 0 Å². The number of nitro groups is 1. The summed E-state index contributed by atoms with van der Waals surface area (Å²) in [6.07, 6.45) is 0.632. The van der Waals surface area contributed by atoms with E-state index in [-0.39, 0.29) is 53.4 Å². The zero-order valence-corrected chi connectivity index (χ0v) is 19.6. The van der Waals surface area contributed by atoms with Gasteiger partial charge in [0.1, 0.15) is 19.2 Å². The van der Waals surface area contributed by atoms with E-state index in [4.69, 9.17) is 14.6 Å². The molecule has 0 bridgehead atoms. The Morgan fingerprint density at radius 1 is 1.14 bits per heavy atom. The maximum atomic E-state index is 13.9. The molecule has 0 atom stereocenters. The van der Waals surface area contributed by atoms with Gasteiger partial charge in [-0.15, -0.1) is 0 Å². The average molecular weight is 487 g/mol. The SMILES string of the molecule is COc1cc(C(=O)[N+]2(N(C)CCc3ccccc3)CCC(OC(=O)C(=O)O)CC2)ccc1[N+](=O)[O-]. The number of aliphatic carboxylic acids is 1. The lowest BCUT2D eigenvalue weighted by Crippen LogP contribution is -2.66. The standard InChI is InChI=1S/C24H27N3O8/c1-25(13-10-17-6-4-3-5-7-17)27(14-11-19(12-15-27)35-24(31)23(29)30)22(28)18-8-9-20(26(32)33)21(16-18)34-2/h3-9,16,19H,10-15H2,1-2H3/p+1. The number of esters is 1. The van der Waals surface area contributed by atoms with E-state index in [9.17, 15) is 24.5 Å². The highest BCUT2D eigenvalue weighted by molar-refractivity contribution is 6.28. The Labute approximate surface area is 202 Å². The second-order valence-electron chi connectivity index (χ2n) is 8.35. The van der Waals surface area contributed by atoms with Crippen LogP contribution in [0.4, 0.5) is 5.69 Å². The van der Waals surface area contributed by atoms with Crippen molar-refractivity contribution in [2.24, 2.45) is 0 Å². The number of likely N-dealkylation sites (tertiary alicyclic amines) is 1. The highest BCUT2D eigenvalue weighted by Crippen LogP contribution is 2.32. The predicted molar refractivity (Wildman–Crippen MR) is 123 cm³/mol. The van der Waals surface area contributed by atoms with E-state index in [1.807, 2.05) is 42.4 Å². The van der Waals surface area contributed by atoms with Crippen molar-refractivity contribution in [1.29, 1.82) is 0 Å². The van der Waals surface area contributed by atoms with E-state index in [2.05, 4.69) is 0 Å². The quantitative estimate of drug-likeness (QED) is 0.196. The third-order valence-corrected chi connectivity index (χ3v) is 6.31. The Balaban J connectivity index is 1.87. The predicted octanol–water partition coefficient (Wildman–Crippen LogP) is 2.44. The summed E-state index contributed by atoms with van der Waals surface area (Å²) < 4.78 is 10.1. The Morgan fingerprint density at radius 2 is 1.80 bits per heavy atom. The van der Waals surface area contributed by atoms with Crippen molar-refractivity contribution < 1.29 is 38.5 Å². The largest absolute Gasteiger partial charge is 0.490 e. The summed E-state index contributed by atoms with van der Waals surface area (Å²) >= 11 is 0. The van der Waals surface area contributed by atoms with E-state index in [1.54, 1.807) is 0 Å². The summed E-state index contributed by atoms with van der Waals surface area (Å²) in [6.45, 7) is 1.07. The van der Waals surface area contributed by atoms with Crippen LogP contribution in [0.3, 0.4) is 0 Å². The minimum absolute atomic E-state index is 0.0174. The number of hydrogen-bond donors (Lipinski definition) is 1. The molecule has 2 aromatic rings. The monoisotopic (exact) mass is 486 g/mol. The molecule has 0 spiro atoms. The number of piperidine rings is 1. The van der Waals surface area contributed by atoms with Crippen LogP contribution in [0.25, 0.3) is 0 Å². The molecule has 1 fully saturated rings. The van der Waals surface area contributed by atoms with E-state index >= 15 is 0 Å². The molecule has 186 valence electrons. The Morgan fingerprint density at radius 3 is 2.37 bits per heavy atom. The van der Waals surface area contributed by atoms with Gasteiger partial charge in [0.2, 0.25) is 0 Å². The molecule has 1 N–H and O–H groups in total. The lowest BCUT2D eigenvalue weighted by atomic mass is 10.0. The van der Waals surface area contributed by atoms with Gasteiger partial charge < -0.3 is 14.6 Å². The number of carbonyl (C=O) groups excluding carboxylic acids is 2. The number of amides is 1. The zero-order chi connectivity index (χ0) is 25.6. The minimum Gasteiger partial charge on any atom is -0.490 e. The molecule has 0 radical (unpaired) electrons. The number of ether oxygens (including phenoxy) is 2. The smallest absolute Gasteiger partial charge is 0.417 e. The van der Waals surface area contributed by atoms with Gasteiger partial charge in [-0.25, -0.2) is 14.4 Å². The van der Waals surface area contributed by atoms with E-state index in [1.165, 1.54) is 25.3 Å². The van der Waals surface area contributed by atoms with Crippen molar-refractivity contribution in [1.82, 2.24) is 5.01 Å². The van der Waals surface area contributed by atoms with Crippen LogP contribution in [0.1, 0.15) is 28.8 Å². The molecule has 0 unspecified atom stereocenters. The molecule has 0 aromatic heterocycles. The minimum atomic E-state index is -1.66. The van der Waals surface area contributed by atoms with Crippen LogP contribution in [-0.2, 0) is 20.7 Å². The first-order valence-electron chi connectivity index (χ1n) is 11.1. The number of carbonyl (C=O) groups is 3. The van der Waals surface area contributed by atoms with Gasteiger partial charge in [0, 0.05) is 32.0 Å². The van der Waals surface area contributed by atoms with Crippen molar-refractivity contribution >= 4 is 23.5 Å². The van der Waals surface area contributed by atoms with Crippen molar-refractivity contribution in [3.8, 4) is 5.75 Å². The number of carboxylic acids is 1. The fourth-order valence-corrected chi connectivity index (χ4v) is 4.32. The molecule has 3 rings (SSSR count). The van der Waals surface area contributed by atoms with Crippen LogP contribution in [0.15, 0.2) is 48.5 Å². The molecule has 11 heteroatoms. The first-order chi connectivity index (χ1) is 16.7. The van der Waals surface area contributed by atoms with E-state index < -0.39 is 23.0 Å². The lowest BCUT2D eigenvalue weighted by molar-refractivity contribution is -0.966. The molecule has 1 aliphatic rings. The Hall–Kier alpha value is -3.83. The Kier molecular flexibility index (Phi) is 8.15. The van der Waals surface area contributed by atoms with Crippen molar-refractivity contribution in [3.63, 3.8) is 0 Å². The first-order valence-corrected chi connectivity index (χ1v) is 11.1. The van der Waals surface area contributed by atoms with Crippen LogP contribution < -0.4 is 4.74 Å². The first kappa shape index (κ1) is 25.8. The maximum absolute atomic E-state index is 13.9. The fraction of sp³-hybridized carbons (Fsp3) is 0.375. The summed E-state index contributed by atoms with van der Waals surface area (Å²) in [6, 6.07) is 13.8. The van der Waals surface area contributed by atoms with Gasteiger partial charge in [0.15, 0.2) is 5.75 Å². The molecular formula is C24H28N3O8+. The van der Waals surface area contributed by atoms with Gasteiger partial charge in [-0.2, -0.15) is 9.60 Å². The summed E-state index contributed by atoms with van der Waals surface area (Å²) in [5, 5.41) is 22.0. The number of carboxylic acid groups (broad SMARTS) is 1. The molecule has 1 heterocycles. The van der Waals surface area contributed by atoms with Crippen LogP contribution >= 0.6 is 0 Å². The van der Waals surface area contributed by atoms with Gasteiger partial charge in [0.25, 0.3) is 0 Å². The topological polar surface area (TPSA) is 136 Å². The maximum Gasteiger partial charge on any atom is 0.417 e. The third-order valence-electron chi connectivity index (χ3n) is 6.31. The number of quaternary nitrogens is 1. The molecule has 1 aliphatic heterocycles. The summed E-state index contributed by atoms with van der Waals surface area (Å²) in [5.41, 5.74) is 1.11. The molecule has 0 saturated carbocycles. The number of nitro benzene ring substituents is 1. The number of rotatable bonds is 8. The third kappa shape index (κ3) is 5.81. The van der Waals surface area contributed by atoms with Crippen LogP contribution in [0, 0.1) is 10.1 Å². The van der Waals surface area contributed by atoms with Crippen molar-refractivity contribution in [2.45, 2.75) is 25.4 Å². The van der Waals surface area contributed by atoms with E-state index in [0.29, 0.717) is 13.0 Å². The molecule has 1 amide bonds. The highest BCUT2D eigenvalue weighted by Gasteiger charge is 2.46. The van der Waals surface area contributed by atoms with Gasteiger partial charge in [-0.1, -0.05) is 30.3 Å². The van der Waals surface area contributed by atoms with E-state index in [0.717, 1.165) is 5.56 Å². The molecule has 0 aliphatic carbocycles. The Bertz CT molecular complexity index is 1100. The lowest BCUT2D eigenvalue weighted by Gasteiger charge is -2.45. The van der Waals surface area contributed by atoms with Crippen molar-refractivity contribution in [2.75, 3.05) is 33.8 Å². The molecule has 1 saturated heterocycles. The second-order valence-corrected chi connectivity index (χ2v) is 8.35. The van der Waals surface area contributed by atoms with Gasteiger partial charge in [-0.05, 0) is 18.1 Å². The summed E-state index contributed by atoms with van der Waals surface area (Å²) in [7, 11) is 3.13. The normalized spacial score (nSPS) is 19.7. The molecule has 35 heavy (non-hydrogen) atoms. The van der Waals surface area contributed by atoms with Gasteiger partial charge >= 0.3 is 23.5 Å². The fourth-order valence-electron chi connectivity index (χ4n) is 4.32. The highest BCUT2D eigenvalue weighted by atomic mass is 16.6. The number of likely N-dealkylation sites (N-methyl/N-ethyl adjacent to an activating group) is 1. The van der Waals surface area contributed by atoms with Crippen LogP contribution in [0.5, 0.6) is 5.75 Å². The zero-order valence-electron chi connectivity index (χ0n) is 19.6. The second kappa shape index (κ2) is 11.1. The summed E-state index contributed by atoms with van der Waals surface area (Å²) in [4.78, 5) is 46.9. The van der Waals surface area contributed by atoms with Crippen LogP contribution in [-0.4, -0.2) is 77.4 Å². The number of benzene rings is 2. The van der Waals surface area contributed by atoms with Gasteiger partial charge in [0.05, 0.1) is 24.1 Å². The molecular weight excluding hydrogens is 458 g/mol. The molecule has 2 aromatic carbocycles.